The van der Waals surface area contributed by atoms with Crippen LogP contribution in [0.3, 0.4) is 0 Å². The Hall–Kier alpha value is -3.32. The zero-order chi connectivity index (χ0) is 22.6. The molecule has 0 spiro atoms. The van der Waals surface area contributed by atoms with Gasteiger partial charge in [-0.3, -0.25) is 4.79 Å². The average molecular weight is 441 g/mol. The minimum absolute atomic E-state index is 0.0303. The van der Waals surface area contributed by atoms with E-state index in [1.807, 2.05) is 36.4 Å². The van der Waals surface area contributed by atoms with Crippen molar-refractivity contribution in [2.75, 3.05) is 13.2 Å². The summed E-state index contributed by atoms with van der Waals surface area (Å²) in [7, 11) is 0. The lowest BCUT2D eigenvalue weighted by Crippen LogP contribution is -2.42. The Bertz CT molecular complexity index is 1060. The van der Waals surface area contributed by atoms with E-state index >= 15 is 0 Å². The summed E-state index contributed by atoms with van der Waals surface area (Å²) in [5.41, 5.74) is 1.22. The predicted octanol–water partition coefficient (Wildman–Crippen LogP) is 5.38. The number of rotatable bonds is 6. The second-order valence-corrected chi connectivity index (χ2v) is 7.59. The molecule has 0 aliphatic carbocycles. The van der Waals surface area contributed by atoms with Gasteiger partial charge in [0, 0.05) is 6.54 Å². The summed E-state index contributed by atoms with van der Waals surface area (Å²) in [6.07, 6.45) is -5.24. The Kier molecular flexibility index (Phi) is 6.46. The summed E-state index contributed by atoms with van der Waals surface area (Å²) >= 11 is 0. The SMILES string of the molecule is O=C1COC(c2ccc(OCc3ccccc3)c(C(F)(F)F)c2)CN1Cc1ccccc1. The molecule has 1 amide bonds. The Morgan fingerprint density at radius 3 is 2.25 bits per heavy atom. The Balaban J connectivity index is 1.53. The highest BCUT2D eigenvalue weighted by Crippen LogP contribution is 2.39. The fourth-order valence-corrected chi connectivity index (χ4v) is 3.61. The molecule has 0 radical (unpaired) electrons. The third kappa shape index (κ3) is 5.29. The fourth-order valence-electron chi connectivity index (χ4n) is 3.61. The van der Waals surface area contributed by atoms with Crippen LogP contribution in [0, 0.1) is 0 Å². The zero-order valence-electron chi connectivity index (χ0n) is 17.2. The summed E-state index contributed by atoms with van der Waals surface area (Å²) in [6, 6.07) is 22.4. The number of benzene rings is 3. The zero-order valence-corrected chi connectivity index (χ0v) is 17.2. The molecule has 0 N–H and O–H groups in total. The van der Waals surface area contributed by atoms with E-state index in [1.54, 1.807) is 35.2 Å². The van der Waals surface area contributed by atoms with Gasteiger partial charge in [0.05, 0.1) is 12.1 Å². The first-order valence-corrected chi connectivity index (χ1v) is 10.2. The van der Waals surface area contributed by atoms with Crippen LogP contribution in [-0.2, 0) is 28.9 Å². The van der Waals surface area contributed by atoms with Crippen LogP contribution in [0.1, 0.15) is 28.4 Å². The lowest BCUT2D eigenvalue weighted by Gasteiger charge is -2.33. The molecule has 1 saturated heterocycles. The van der Waals surface area contributed by atoms with Gasteiger partial charge in [-0.25, -0.2) is 0 Å². The van der Waals surface area contributed by atoms with E-state index in [0.29, 0.717) is 12.1 Å². The highest BCUT2D eigenvalue weighted by Gasteiger charge is 2.36. The van der Waals surface area contributed by atoms with Crippen molar-refractivity contribution in [3.63, 3.8) is 0 Å². The third-order valence-corrected chi connectivity index (χ3v) is 5.28. The number of hydrogen-bond donors (Lipinski definition) is 0. The van der Waals surface area contributed by atoms with E-state index in [2.05, 4.69) is 0 Å². The normalized spacial score (nSPS) is 16.8. The first-order valence-electron chi connectivity index (χ1n) is 10.2. The molecule has 0 aromatic heterocycles. The molecule has 1 fully saturated rings. The van der Waals surface area contributed by atoms with Crippen LogP contribution in [0.2, 0.25) is 0 Å². The predicted molar refractivity (Wildman–Crippen MR) is 113 cm³/mol. The van der Waals surface area contributed by atoms with E-state index < -0.39 is 17.8 Å². The second-order valence-electron chi connectivity index (χ2n) is 7.59. The molecule has 1 atom stereocenters. The molecule has 3 aromatic rings. The van der Waals surface area contributed by atoms with Crippen LogP contribution >= 0.6 is 0 Å². The first-order chi connectivity index (χ1) is 15.4. The maximum Gasteiger partial charge on any atom is 0.419 e. The molecule has 32 heavy (non-hydrogen) atoms. The highest BCUT2D eigenvalue weighted by molar-refractivity contribution is 5.78. The molecule has 1 aliphatic rings. The molecular formula is C25H22F3NO3. The van der Waals surface area contributed by atoms with E-state index in [-0.39, 0.29) is 31.4 Å². The van der Waals surface area contributed by atoms with E-state index in [0.717, 1.165) is 17.2 Å². The van der Waals surface area contributed by atoms with Crippen molar-refractivity contribution in [3.8, 4) is 5.75 Å². The molecular weight excluding hydrogens is 419 g/mol. The van der Waals surface area contributed by atoms with E-state index in [4.69, 9.17) is 9.47 Å². The standard InChI is InChI=1S/C25H22F3NO3/c26-25(27,28)21-13-20(11-12-22(21)31-16-19-9-5-2-6-10-19)23-15-29(24(30)17-32-23)14-18-7-3-1-4-8-18/h1-13,23H,14-17H2. The number of hydrogen-bond acceptors (Lipinski definition) is 3. The van der Waals surface area contributed by atoms with Crippen molar-refractivity contribution in [1.29, 1.82) is 0 Å². The number of ether oxygens (including phenoxy) is 2. The van der Waals surface area contributed by atoms with Gasteiger partial charge < -0.3 is 14.4 Å². The summed E-state index contributed by atoms with van der Waals surface area (Å²) in [4.78, 5) is 13.9. The van der Waals surface area contributed by atoms with Crippen molar-refractivity contribution in [2.24, 2.45) is 0 Å². The quantitative estimate of drug-likeness (QED) is 0.515. The van der Waals surface area contributed by atoms with Gasteiger partial charge in [0.15, 0.2) is 0 Å². The number of morpholine rings is 1. The number of alkyl halides is 3. The van der Waals surface area contributed by atoms with Crippen LogP contribution in [-0.4, -0.2) is 24.0 Å². The number of amides is 1. The van der Waals surface area contributed by atoms with Gasteiger partial charge in [-0.1, -0.05) is 66.7 Å². The van der Waals surface area contributed by atoms with Crippen LogP contribution in [0.25, 0.3) is 0 Å². The number of halogens is 3. The Morgan fingerprint density at radius 2 is 1.59 bits per heavy atom. The molecule has 0 bridgehead atoms. The Labute approximate surface area is 184 Å². The van der Waals surface area contributed by atoms with Gasteiger partial charge in [-0.15, -0.1) is 0 Å². The molecule has 1 aliphatic heterocycles. The fraction of sp³-hybridized carbons (Fsp3) is 0.240. The summed E-state index contributed by atoms with van der Waals surface area (Å²) in [5, 5.41) is 0. The Morgan fingerprint density at radius 1 is 0.938 bits per heavy atom. The third-order valence-electron chi connectivity index (χ3n) is 5.28. The minimum atomic E-state index is -4.59. The minimum Gasteiger partial charge on any atom is -0.488 e. The molecule has 0 saturated carbocycles. The lowest BCUT2D eigenvalue weighted by molar-refractivity contribution is -0.150. The van der Waals surface area contributed by atoms with Gasteiger partial charge in [0.2, 0.25) is 5.91 Å². The monoisotopic (exact) mass is 441 g/mol. The van der Waals surface area contributed by atoms with Crippen molar-refractivity contribution in [2.45, 2.75) is 25.4 Å². The van der Waals surface area contributed by atoms with E-state index in [9.17, 15) is 18.0 Å². The summed E-state index contributed by atoms with van der Waals surface area (Å²) < 4.78 is 52.4. The van der Waals surface area contributed by atoms with E-state index in [1.165, 1.54) is 6.07 Å². The van der Waals surface area contributed by atoms with Gasteiger partial charge >= 0.3 is 6.18 Å². The largest absolute Gasteiger partial charge is 0.488 e. The average Bonchev–Trinajstić information content (AvgIpc) is 2.80. The number of nitrogens with zero attached hydrogens (tertiary/aromatic N) is 1. The molecule has 1 heterocycles. The number of carbonyl (C=O) groups excluding carboxylic acids is 1. The molecule has 166 valence electrons. The van der Waals surface area contributed by atoms with Gasteiger partial charge in [0.1, 0.15) is 25.1 Å². The van der Waals surface area contributed by atoms with Gasteiger partial charge in [0.25, 0.3) is 0 Å². The topological polar surface area (TPSA) is 38.8 Å². The molecule has 7 heteroatoms. The molecule has 4 nitrogen and oxygen atoms in total. The van der Waals surface area contributed by atoms with Crippen molar-refractivity contribution in [3.05, 3.63) is 101 Å². The van der Waals surface area contributed by atoms with Crippen molar-refractivity contribution < 1.29 is 27.4 Å². The maximum atomic E-state index is 13.8. The smallest absolute Gasteiger partial charge is 0.419 e. The molecule has 3 aromatic carbocycles. The molecule has 4 rings (SSSR count). The van der Waals surface area contributed by atoms with Gasteiger partial charge in [-0.2, -0.15) is 13.2 Å². The van der Waals surface area contributed by atoms with Crippen LogP contribution < -0.4 is 4.74 Å². The van der Waals surface area contributed by atoms with Gasteiger partial charge in [-0.05, 0) is 28.8 Å². The lowest BCUT2D eigenvalue weighted by atomic mass is 10.0. The second kappa shape index (κ2) is 9.44. The molecule has 1 unspecified atom stereocenters. The van der Waals surface area contributed by atoms with Crippen molar-refractivity contribution in [1.82, 2.24) is 4.90 Å². The van der Waals surface area contributed by atoms with Crippen molar-refractivity contribution >= 4 is 5.91 Å². The van der Waals surface area contributed by atoms with Crippen LogP contribution in [0.15, 0.2) is 78.9 Å². The summed E-state index contributed by atoms with van der Waals surface area (Å²) in [5.74, 6) is -0.429. The first kappa shape index (κ1) is 21.9. The number of carbonyl (C=O) groups is 1. The summed E-state index contributed by atoms with van der Waals surface area (Å²) in [6.45, 7) is 0.410. The highest BCUT2D eigenvalue weighted by atomic mass is 19.4. The van der Waals surface area contributed by atoms with Crippen LogP contribution in [0.4, 0.5) is 13.2 Å². The maximum absolute atomic E-state index is 13.8. The van der Waals surface area contributed by atoms with Crippen LogP contribution in [0.5, 0.6) is 5.75 Å².